The molecular formula is C21H34O5S. The topological polar surface area (TPSA) is 61.8 Å². The third-order valence-electron chi connectivity index (χ3n) is 4.92. The molecule has 1 aromatic rings. The summed E-state index contributed by atoms with van der Waals surface area (Å²) in [4.78, 5) is 0.219. The molecule has 0 amide bonds. The Morgan fingerprint density at radius 2 is 1.74 bits per heavy atom. The summed E-state index contributed by atoms with van der Waals surface area (Å²) in [6.07, 6.45) is 6.31. The predicted molar refractivity (Wildman–Crippen MR) is 106 cm³/mol. The van der Waals surface area contributed by atoms with E-state index in [2.05, 4.69) is 6.92 Å². The van der Waals surface area contributed by atoms with Crippen LogP contribution in [0.4, 0.5) is 0 Å². The van der Waals surface area contributed by atoms with Gasteiger partial charge in [0.1, 0.15) is 0 Å². The van der Waals surface area contributed by atoms with Gasteiger partial charge in [-0.25, -0.2) is 0 Å². The zero-order chi connectivity index (χ0) is 19.7. The highest BCUT2D eigenvalue weighted by Crippen LogP contribution is 2.19. The SMILES string of the molecule is Cc1ccc(S(=O)(=O)OC[C@@H](C)CCC[C@H](C)COC2CCCCO2)cc1. The zero-order valence-corrected chi connectivity index (χ0v) is 17.7. The van der Waals surface area contributed by atoms with Gasteiger partial charge in [0, 0.05) is 6.61 Å². The molecule has 1 aliphatic heterocycles. The molecule has 1 saturated heterocycles. The fourth-order valence-corrected chi connectivity index (χ4v) is 4.09. The van der Waals surface area contributed by atoms with Gasteiger partial charge in [-0.1, -0.05) is 38.0 Å². The monoisotopic (exact) mass is 398 g/mol. The Morgan fingerprint density at radius 1 is 1.07 bits per heavy atom. The van der Waals surface area contributed by atoms with Crippen LogP contribution in [0.5, 0.6) is 0 Å². The highest BCUT2D eigenvalue weighted by Gasteiger charge is 2.18. The van der Waals surface area contributed by atoms with Crippen LogP contribution in [0.15, 0.2) is 29.2 Å². The summed E-state index contributed by atoms with van der Waals surface area (Å²) in [5.74, 6) is 0.667. The van der Waals surface area contributed by atoms with Crippen LogP contribution >= 0.6 is 0 Å². The Hall–Kier alpha value is -0.950. The molecule has 1 aliphatic rings. The molecule has 1 fully saturated rings. The normalized spacial score (nSPS) is 20.3. The summed E-state index contributed by atoms with van der Waals surface area (Å²) < 4.78 is 41.1. The fourth-order valence-electron chi connectivity index (χ4n) is 3.07. The second kappa shape index (κ2) is 11.1. The highest BCUT2D eigenvalue weighted by molar-refractivity contribution is 7.86. The molecule has 0 saturated carbocycles. The highest BCUT2D eigenvalue weighted by atomic mass is 32.2. The van der Waals surface area contributed by atoms with E-state index in [0.717, 1.165) is 50.9 Å². The van der Waals surface area contributed by atoms with Crippen LogP contribution in [0.2, 0.25) is 0 Å². The summed E-state index contributed by atoms with van der Waals surface area (Å²) in [5.41, 5.74) is 1.02. The van der Waals surface area contributed by atoms with E-state index in [4.69, 9.17) is 13.7 Å². The second-order valence-corrected chi connectivity index (χ2v) is 9.44. The standard InChI is InChI=1S/C21H34O5S/c1-17-10-12-20(13-11-17)27(22,23)26-16-19(3)8-6-7-18(2)15-25-21-9-4-5-14-24-21/h10-13,18-19,21H,4-9,14-16H2,1-3H3/t18-,19-,21?/m0/s1. The Bertz CT molecular complexity index is 635. The maximum atomic E-state index is 12.2. The molecule has 0 radical (unpaired) electrons. The van der Waals surface area contributed by atoms with Crippen molar-refractivity contribution in [2.75, 3.05) is 19.8 Å². The van der Waals surface area contributed by atoms with Crippen LogP contribution in [0.3, 0.4) is 0 Å². The van der Waals surface area contributed by atoms with Gasteiger partial charge in [-0.05, 0) is 63.0 Å². The van der Waals surface area contributed by atoms with Gasteiger partial charge in [0.05, 0.1) is 18.1 Å². The van der Waals surface area contributed by atoms with Gasteiger partial charge in [-0.2, -0.15) is 8.42 Å². The van der Waals surface area contributed by atoms with E-state index in [0.29, 0.717) is 5.92 Å². The predicted octanol–water partition coefficient (Wildman–Crippen LogP) is 4.69. The first-order valence-electron chi connectivity index (χ1n) is 10.1. The van der Waals surface area contributed by atoms with Crippen molar-refractivity contribution in [1.82, 2.24) is 0 Å². The first-order valence-corrected chi connectivity index (χ1v) is 11.5. The Labute approximate surface area is 164 Å². The molecule has 6 heteroatoms. The van der Waals surface area contributed by atoms with Crippen molar-refractivity contribution in [3.05, 3.63) is 29.8 Å². The van der Waals surface area contributed by atoms with Crippen molar-refractivity contribution in [3.63, 3.8) is 0 Å². The van der Waals surface area contributed by atoms with Crippen LogP contribution in [0, 0.1) is 18.8 Å². The summed E-state index contributed by atoms with van der Waals surface area (Å²) in [5, 5.41) is 0. The van der Waals surface area contributed by atoms with Crippen molar-refractivity contribution in [3.8, 4) is 0 Å². The number of hydrogen-bond acceptors (Lipinski definition) is 5. The summed E-state index contributed by atoms with van der Waals surface area (Å²) in [6, 6.07) is 6.74. The van der Waals surface area contributed by atoms with E-state index < -0.39 is 10.1 Å². The van der Waals surface area contributed by atoms with E-state index in [1.807, 2.05) is 13.8 Å². The zero-order valence-electron chi connectivity index (χ0n) is 16.9. The number of aryl methyl sites for hydroxylation is 1. The van der Waals surface area contributed by atoms with E-state index >= 15 is 0 Å². The maximum absolute atomic E-state index is 12.2. The molecule has 0 spiro atoms. The lowest BCUT2D eigenvalue weighted by atomic mass is 10.00. The third kappa shape index (κ3) is 8.30. The molecule has 3 atom stereocenters. The molecule has 27 heavy (non-hydrogen) atoms. The average molecular weight is 399 g/mol. The Balaban J connectivity index is 1.61. The van der Waals surface area contributed by atoms with Gasteiger partial charge in [0.15, 0.2) is 6.29 Å². The molecule has 0 bridgehead atoms. The Kier molecular flexibility index (Phi) is 9.22. The van der Waals surface area contributed by atoms with E-state index in [9.17, 15) is 8.42 Å². The molecule has 5 nitrogen and oxygen atoms in total. The number of rotatable bonds is 11. The molecule has 1 heterocycles. The van der Waals surface area contributed by atoms with Crippen molar-refractivity contribution in [2.45, 2.75) is 70.5 Å². The van der Waals surface area contributed by atoms with Crippen molar-refractivity contribution < 1.29 is 22.1 Å². The van der Waals surface area contributed by atoms with Gasteiger partial charge >= 0.3 is 0 Å². The lowest BCUT2D eigenvalue weighted by molar-refractivity contribution is -0.168. The van der Waals surface area contributed by atoms with Crippen LogP contribution in [-0.4, -0.2) is 34.5 Å². The van der Waals surface area contributed by atoms with E-state index in [1.165, 1.54) is 6.42 Å². The van der Waals surface area contributed by atoms with Crippen LogP contribution < -0.4 is 0 Å². The third-order valence-corrected chi connectivity index (χ3v) is 6.21. The second-order valence-electron chi connectivity index (χ2n) is 7.82. The molecule has 1 unspecified atom stereocenters. The van der Waals surface area contributed by atoms with E-state index in [1.54, 1.807) is 24.3 Å². The van der Waals surface area contributed by atoms with Crippen LogP contribution in [0.25, 0.3) is 0 Å². The van der Waals surface area contributed by atoms with Crippen LogP contribution in [0.1, 0.15) is 57.9 Å². The number of benzene rings is 1. The average Bonchev–Trinajstić information content (AvgIpc) is 2.66. The summed E-state index contributed by atoms with van der Waals surface area (Å²) in [6.45, 7) is 7.89. The first kappa shape index (κ1) is 22.3. The molecule has 0 aliphatic carbocycles. The minimum absolute atomic E-state index is 0.0273. The smallest absolute Gasteiger partial charge is 0.296 e. The number of hydrogen-bond donors (Lipinski definition) is 0. The van der Waals surface area contributed by atoms with Gasteiger partial charge < -0.3 is 9.47 Å². The van der Waals surface area contributed by atoms with Crippen molar-refractivity contribution in [2.24, 2.45) is 11.8 Å². The number of ether oxygens (including phenoxy) is 2. The van der Waals surface area contributed by atoms with Crippen molar-refractivity contribution >= 4 is 10.1 Å². The first-order chi connectivity index (χ1) is 12.9. The molecule has 2 rings (SSSR count). The quantitative estimate of drug-likeness (QED) is 0.506. The van der Waals surface area contributed by atoms with Crippen molar-refractivity contribution in [1.29, 1.82) is 0 Å². The fraction of sp³-hybridized carbons (Fsp3) is 0.714. The summed E-state index contributed by atoms with van der Waals surface area (Å²) in [7, 11) is -3.67. The molecule has 154 valence electrons. The lowest BCUT2D eigenvalue weighted by Gasteiger charge is -2.24. The van der Waals surface area contributed by atoms with Gasteiger partial charge in [0.25, 0.3) is 10.1 Å². The van der Waals surface area contributed by atoms with Gasteiger partial charge in [-0.3, -0.25) is 4.18 Å². The maximum Gasteiger partial charge on any atom is 0.296 e. The summed E-state index contributed by atoms with van der Waals surface area (Å²) >= 11 is 0. The van der Waals surface area contributed by atoms with Crippen LogP contribution in [-0.2, 0) is 23.8 Å². The lowest BCUT2D eigenvalue weighted by Crippen LogP contribution is -2.24. The molecule has 0 N–H and O–H groups in total. The van der Waals surface area contributed by atoms with E-state index in [-0.39, 0.29) is 23.7 Å². The van der Waals surface area contributed by atoms with Gasteiger partial charge in [0.2, 0.25) is 0 Å². The Morgan fingerprint density at radius 3 is 2.37 bits per heavy atom. The van der Waals surface area contributed by atoms with Gasteiger partial charge in [-0.15, -0.1) is 0 Å². The largest absolute Gasteiger partial charge is 0.353 e. The minimum atomic E-state index is -3.67. The minimum Gasteiger partial charge on any atom is -0.353 e. The molecule has 0 aromatic heterocycles. The molecule has 1 aromatic carbocycles. The molecular weight excluding hydrogens is 364 g/mol.